The molecule has 4 heteroatoms. The van der Waals surface area contributed by atoms with Crippen molar-refractivity contribution in [2.75, 3.05) is 25.5 Å². The molecule has 0 aliphatic carbocycles. The van der Waals surface area contributed by atoms with Crippen LogP contribution in [0.1, 0.15) is 25.3 Å². The van der Waals surface area contributed by atoms with Gasteiger partial charge < -0.3 is 15.5 Å². The molecule has 1 aromatic rings. The molecule has 0 unspecified atom stereocenters. The van der Waals surface area contributed by atoms with Crippen molar-refractivity contribution in [2.24, 2.45) is 0 Å². The number of likely N-dealkylation sites (tertiary alicyclic amines) is 1. The van der Waals surface area contributed by atoms with Crippen molar-refractivity contribution in [3.05, 3.63) is 29.8 Å². The summed E-state index contributed by atoms with van der Waals surface area (Å²) in [5.74, 6) is -0.0304. The van der Waals surface area contributed by atoms with Crippen LogP contribution in [0.4, 0.5) is 5.69 Å². The lowest BCUT2D eigenvalue weighted by Gasteiger charge is -2.29. The van der Waals surface area contributed by atoms with E-state index in [0.29, 0.717) is 6.04 Å². The number of hydrogen-bond acceptors (Lipinski definition) is 3. The van der Waals surface area contributed by atoms with Crippen LogP contribution in [0.25, 0.3) is 0 Å². The molecule has 1 aromatic carbocycles. The highest BCUT2D eigenvalue weighted by atomic mass is 16.1. The molecule has 0 saturated carbocycles. The van der Waals surface area contributed by atoms with Gasteiger partial charge in [0.15, 0.2) is 0 Å². The molecule has 1 heterocycles. The number of nitrogens with zero attached hydrogens (tertiary/aromatic N) is 1. The molecule has 0 atom stereocenters. The van der Waals surface area contributed by atoms with E-state index in [1.54, 1.807) is 0 Å². The monoisotopic (exact) mass is 261 g/mol. The lowest BCUT2D eigenvalue weighted by atomic mass is 10.1. The van der Waals surface area contributed by atoms with E-state index in [1.807, 2.05) is 12.1 Å². The normalized spacial score (nSPS) is 17.4. The van der Waals surface area contributed by atoms with E-state index in [4.69, 9.17) is 0 Å². The topological polar surface area (TPSA) is 44.4 Å². The third-order valence-electron chi connectivity index (χ3n) is 3.59. The number of amides is 1. The first kappa shape index (κ1) is 14.0. The molecular weight excluding hydrogens is 238 g/mol. The quantitative estimate of drug-likeness (QED) is 0.869. The van der Waals surface area contributed by atoms with Gasteiger partial charge in [0.05, 0.1) is 0 Å². The van der Waals surface area contributed by atoms with Gasteiger partial charge in [-0.3, -0.25) is 4.79 Å². The maximum Gasteiger partial charge on any atom is 0.221 e. The van der Waals surface area contributed by atoms with Crippen molar-refractivity contribution in [1.29, 1.82) is 0 Å². The zero-order valence-electron chi connectivity index (χ0n) is 11.8. The van der Waals surface area contributed by atoms with Gasteiger partial charge in [0, 0.05) is 25.2 Å². The Morgan fingerprint density at radius 3 is 2.47 bits per heavy atom. The number of carbonyl (C=O) groups excluding carboxylic acids is 1. The molecule has 1 amide bonds. The van der Waals surface area contributed by atoms with Crippen molar-refractivity contribution in [3.63, 3.8) is 0 Å². The van der Waals surface area contributed by atoms with Crippen molar-refractivity contribution in [3.8, 4) is 0 Å². The van der Waals surface area contributed by atoms with E-state index < -0.39 is 0 Å². The third kappa shape index (κ3) is 4.65. The maximum absolute atomic E-state index is 10.9. The lowest BCUT2D eigenvalue weighted by molar-refractivity contribution is -0.114. The summed E-state index contributed by atoms with van der Waals surface area (Å²) in [4.78, 5) is 13.3. The Bertz CT molecular complexity index is 408. The first-order valence-corrected chi connectivity index (χ1v) is 6.92. The van der Waals surface area contributed by atoms with Gasteiger partial charge >= 0.3 is 0 Å². The summed E-state index contributed by atoms with van der Waals surface area (Å²) >= 11 is 0. The first-order chi connectivity index (χ1) is 9.13. The van der Waals surface area contributed by atoms with E-state index >= 15 is 0 Å². The molecule has 1 aliphatic rings. The Labute approximate surface area is 115 Å². The van der Waals surface area contributed by atoms with E-state index in [9.17, 15) is 4.79 Å². The van der Waals surface area contributed by atoms with Crippen molar-refractivity contribution in [2.45, 2.75) is 32.4 Å². The summed E-state index contributed by atoms with van der Waals surface area (Å²) in [7, 11) is 2.18. The average molecular weight is 261 g/mol. The number of anilines is 1. The molecule has 19 heavy (non-hydrogen) atoms. The summed E-state index contributed by atoms with van der Waals surface area (Å²) in [5, 5.41) is 6.38. The second kappa shape index (κ2) is 6.68. The van der Waals surface area contributed by atoms with E-state index in [2.05, 4.69) is 34.7 Å². The Morgan fingerprint density at radius 2 is 1.89 bits per heavy atom. The molecular formula is C15H23N3O. The lowest BCUT2D eigenvalue weighted by Crippen LogP contribution is -2.40. The molecule has 0 bridgehead atoms. The van der Waals surface area contributed by atoms with Crippen LogP contribution < -0.4 is 10.6 Å². The number of nitrogens with one attached hydrogen (secondary N) is 2. The average Bonchev–Trinajstić information content (AvgIpc) is 2.39. The smallest absolute Gasteiger partial charge is 0.221 e. The van der Waals surface area contributed by atoms with Gasteiger partial charge in [-0.1, -0.05) is 12.1 Å². The van der Waals surface area contributed by atoms with Crippen molar-refractivity contribution in [1.82, 2.24) is 10.2 Å². The van der Waals surface area contributed by atoms with Gasteiger partial charge in [-0.2, -0.15) is 0 Å². The fraction of sp³-hybridized carbons (Fsp3) is 0.533. The molecule has 1 fully saturated rings. The molecule has 2 N–H and O–H groups in total. The zero-order valence-corrected chi connectivity index (χ0v) is 11.8. The van der Waals surface area contributed by atoms with Crippen LogP contribution in [0.15, 0.2) is 24.3 Å². The van der Waals surface area contributed by atoms with Gasteiger partial charge in [-0.05, 0) is 50.7 Å². The number of hydrogen-bond donors (Lipinski definition) is 2. The second-order valence-electron chi connectivity index (χ2n) is 5.34. The van der Waals surface area contributed by atoms with Crippen molar-refractivity contribution >= 4 is 11.6 Å². The van der Waals surface area contributed by atoms with Crippen LogP contribution in [0.2, 0.25) is 0 Å². The zero-order chi connectivity index (χ0) is 13.7. The van der Waals surface area contributed by atoms with E-state index in [-0.39, 0.29) is 5.91 Å². The Balaban J connectivity index is 1.78. The predicted molar refractivity (Wildman–Crippen MR) is 78.1 cm³/mol. The largest absolute Gasteiger partial charge is 0.326 e. The van der Waals surface area contributed by atoms with Gasteiger partial charge in [0.2, 0.25) is 5.91 Å². The third-order valence-corrected chi connectivity index (χ3v) is 3.59. The molecule has 1 saturated heterocycles. The summed E-state index contributed by atoms with van der Waals surface area (Å²) < 4.78 is 0. The highest BCUT2D eigenvalue weighted by molar-refractivity contribution is 5.88. The van der Waals surface area contributed by atoms with E-state index in [0.717, 1.165) is 12.2 Å². The highest BCUT2D eigenvalue weighted by Crippen LogP contribution is 2.12. The van der Waals surface area contributed by atoms with Gasteiger partial charge in [-0.25, -0.2) is 0 Å². The Morgan fingerprint density at radius 1 is 1.26 bits per heavy atom. The number of piperidine rings is 1. The minimum absolute atomic E-state index is 0.0304. The number of rotatable bonds is 4. The molecule has 2 rings (SSSR count). The molecule has 0 radical (unpaired) electrons. The first-order valence-electron chi connectivity index (χ1n) is 6.92. The Hall–Kier alpha value is -1.39. The van der Waals surface area contributed by atoms with Crippen LogP contribution in [0, 0.1) is 0 Å². The molecule has 1 aliphatic heterocycles. The molecule has 104 valence electrons. The molecule has 0 spiro atoms. The van der Waals surface area contributed by atoms with Crippen LogP contribution in [0.3, 0.4) is 0 Å². The second-order valence-corrected chi connectivity index (χ2v) is 5.34. The summed E-state index contributed by atoms with van der Waals surface area (Å²) in [5.41, 5.74) is 2.11. The fourth-order valence-electron chi connectivity index (χ4n) is 2.38. The fourth-order valence-corrected chi connectivity index (χ4v) is 2.38. The minimum atomic E-state index is -0.0304. The van der Waals surface area contributed by atoms with E-state index in [1.165, 1.54) is 38.4 Å². The molecule has 4 nitrogen and oxygen atoms in total. The maximum atomic E-state index is 10.9. The van der Waals surface area contributed by atoms with Crippen LogP contribution in [-0.2, 0) is 11.3 Å². The highest BCUT2D eigenvalue weighted by Gasteiger charge is 2.15. The SMILES string of the molecule is CC(=O)Nc1ccc(CNC2CCN(C)CC2)cc1. The summed E-state index contributed by atoms with van der Waals surface area (Å²) in [6.07, 6.45) is 2.45. The predicted octanol–water partition coefficient (Wildman–Crippen LogP) is 1.83. The van der Waals surface area contributed by atoms with Crippen LogP contribution >= 0.6 is 0 Å². The molecule has 0 aromatic heterocycles. The van der Waals surface area contributed by atoms with Crippen LogP contribution in [-0.4, -0.2) is 37.0 Å². The number of carbonyl (C=O) groups is 1. The summed E-state index contributed by atoms with van der Waals surface area (Å²) in [6, 6.07) is 8.66. The number of benzene rings is 1. The summed E-state index contributed by atoms with van der Waals surface area (Å²) in [6.45, 7) is 4.78. The van der Waals surface area contributed by atoms with Gasteiger partial charge in [-0.15, -0.1) is 0 Å². The standard InChI is InChI=1S/C15H23N3O/c1-12(19)17-15-5-3-13(4-6-15)11-16-14-7-9-18(2)10-8-14/h3-6,14,16H,7-11H2,1-2H3,(H,17,19). The van der Waals surface area contributed by atoms with Crippen LogP contribution in [0.5, 0.6) is 0 Å². The van der Waals surface area contributed by atoms with Crippen molar-refractivity contribution < 1.29 is 4.79 Å². The minimum Gasteiger partial charge on any atom is -0.326 e. The van der Waals surface area contributed by atoms with Gasteiger partial charge in [0.25, 0.3) is 0 Å². The Kier molecular flexibility index (Phi) is 4.93. The van der Waals surface area contributed by atoms with Gasteiger partial charge in [0.1, 0.15) is 0 Å².